The standard InChI is InChI=1S/C18H24ClN5/c1-2-23-9-11-24(12-10-23)18-13-17(21-14-22-18)20-8-7-15-3-5-16(19)6-4-15/h3-6,13-14H,2,7-12H2,1H3,(H,20,21,22). The van der Waals surface area contributed by atoms with E-state index in [-0.39, 0.29) is 0 Å². The first kappa shape index (κ1) is 17.0. The fourth-order valence-corrected chi connectivity index (χ4v) is 3.02. The monoisotopic (exact) mass is 345 g/mol. The minimum Gasteiger partial charge on any atom is -0.370 e. The molecule has 128 valence electrons. The number of aromatic nitrogens is 2. The average molecular weight is 346 g/mol. The molecule has 0 atom stereocenters. The molecule has 1 N–H and O–H groups in total. The van der Waals surface area contributed by atoms with Crippen LogP contribution in [0.15, 0.2) is 36.7 Å². The molecule has 6 heteroatoms. The van der Waals surface area contributed by atoms with E-state index in [1.165, 1.54) is 5.56 Å². The Morgan fingerprint density at radius 3 is 2.54 bits per heavy atom. The van der Waals surface area contributed by atoms with E-state index < -0.39 is 0 Å². The number of likely N-dealkylation sites (N-methyl/N-ethyl adjacent to an activating group) is 1. The Bertz CT molecular complexity index is 638. The Labute approximate surface area is 148 Å². The topological polar surface area (TPSA) is 44.3 Å². The van der Waals surface area contributed by atoms with Crippen molar-refractivity contribution in [3.8, 4) is 0 Å². The lowest BCUT2D eigenvalue weighted by Gasteiger charge is -2.34. The largest absolute Gasteiger partial charge is 0.370 e. The lowest BCUT2D eigenvalue weighted by atomic mass is 10.1. The summed E-state index contributed by atoms with van der Waals surface area (Å²) in [5.74, 6) is 1.89. The van der Waals surface area contributed by atoms with Crippen LogP contribution in [0.3, 0.4) is 0 Å². The molecule has 0 unspecified atom stereocenters. The molecule has 0 spiro atoms. The van der Waals surface area contributed by atoms with Crippen molar-refractivity contribution in [2.75, 3.05) is 49.5 Å². The zero-order valence-corrected chi connectivity index (χ0v) is 14.8. The van der Waals surface area contributed by atoms with Crippen LogP contribution >= 0.6 is 11.6 Å². The number of nitrogens with zero attached hydrogens (tertiary/aromatic N) is 4. The van der Waals surface area contributed by atoms with Gasteiger partial charge in [0.05, 0.1) is 0 Å². The first-order valence-electron chi connectivity index (χ1n) is 8.52. The molecule has 0 aliphatic carbocycles. The van der Waals surface area contributed by atoms with Gasteiger partial charge < -0.3 is 15.1 Å². The number of hydrogen-bond donors (Lipinski definition) is 1. The zero-order valence-electron chi connectivity index (χ0n) is 14.1. The number of nitrogens with one attached hydrogen (secondary N) is 1. The molecule has 1 fully saturated rings. The van der Waals surface area contributed by atoms with E-state index in [1.807, 2.05) is 18.2 Å². The van der Waals surface area contributed by atoms with Crippen molar-refractivity contribution in [3.63, 3.8) is 0 Å². The van der Waals surface area contributed by atoms with E-state index in [0.717, 1.165) is 62.3 Å². The van der Waals surface area contributed by atoms with E-state index in [1.54, 1.807) is 6.33 Å². The molecule has 1 saturated heterocycles. The van der Waals surface area contributed by atoms with Crippen LogP contribution in [-0.4, -0.2) is 54.1 Å². The Morgan fingerprint density at radius 2 is 1.83 bits per heavy atom. The first-order valence-corrected chi connectivity index (χ1v) is 8.90. The van der Waals surface area contributed by atoms with Crippen LogP contribution in [0, 0.1) is 0 Å². The summed E-state index contributed by atoms with van der Waals surface area (Å²) in [5, 5.41) is 4.16. The predicted molar refractivity (Wildman–Crippen MR) is 100 cm³/mol. The van der Waals surface area contributed by atoms with Gasteiger partial charge in [-0.2, -0.15) is 0 Å². The Kier molecular flexibility index (Phi) is 5.88. The van der Waals surface area contributed by atoms with Gasteiger partial charge in [-0.3, -0.25) is 0 Å². The van der Waals surface area contributed by atoms with Crippen LogP contribution in [0.25, 0.3) is 0 Å². The number of halogens is 1. The van der Waals surface area contributed by atoms with Crippen LogP contribution in [-0.2, 0) is 6.42 Å². The maximum absolute atomic E-state index is 5.91. The van der Waals surface area contributed by atoms with Crippen molar-refractivity contribution >= 4 is 23.2 Å². The number of rotatable bonds is 6. The molecule has 5 nitrogen and oxygen atoms in total. The second kappa shape index (κ2) is 8.31. The summed E-state index contributed by atoms with van der Waals surface area (Å²) < 4.78 is 0. The fraction of sp³-hybridized carbons (Fsp3) is 0.444. The van der Waals surface area contributed by atoms with Gasteiger partial charge in [-0.1, -0.05) is 30.7 Å². The maximum Gasteiger partial charge on any atom is 0.134 e. The van der Waals surface area contributed by atoms with Crippen LogP contribution in [0.5, 0.6) is 0 Å². The quantitative estimate of drug-likeness (QED) is 0.872. The summed E-state index contributed by atoms with van der Waals surface area (Å²) in [5.41, 5.74) is 1.26. The Hall–Kier alpha value is -1.85. The molecule has 0 amide bonds. The smallest absolute Gasteiger partial charge is 0.134 e. The number of hydrogen-bond acceptors (Lipinski definition) is 5. The highest BCUT2D eigenvalue weighted by atomic mass is 35.5. The molecule has 2 aromatic rings. The van der Waals surface area contributed by atoms with Gasteiger partial charge in [-0.15, -0.1) is 0 Å². The second-order valence-corrected chi connectivity index (χ2v) is 6.42. The number of piperazine rings is 1. The molecule has 1 aliphatic rings. The van der Waals surface area contributed by atoms with Gasteiger partial charge in [-0.05, 0) is 30.7 Å². The van der Waals surface area contributed by atoms with Crippen molar-refractivity contribution in [1.29, 1.82) is 0 Å². The molecular weight excluding hydrogens is 322 g/mol. The van der Waals surface area contributed by atoms with Crippen molar-refractivity contribution in [2.45, 2.75) is 13.3 Å². The average Bonchev–Trinajstić information content (AvgIpc) is 2.64. The van der Waals surface area contributed by atoms with E-state index in [2.05, 4.69) is 44.1 Å². The van der Waals surface area contributed by atoms with Crippen LogP contribution in [0.1, 0.15) is 12.5 Å². The molecule has 0 radical (unpaired) electrons. The third kappa shape index (κ3) is 4.58. The van der Waals surface area contributed by atoms with Crippen molar-refractivity contribution in [2.24, 2.45) is 0 Å². The number of anilines is 2. The molecule has 1 aromatic heterocycles. The summed E-state index contributed by atoms with van der Waals surface area (Å²) in [6, 6.07) is 10.0. The van der Waals surface area contributed by atoms with Crippen LogP contribution in [0.2, 0.25) is 5.02 Å². The molecule has 1 aromatic carbocycles. The SMILES string of the molecule is CCN1CCN(c2cc(NCCc3ccc(Cl)cc3)ncn2)CC1. The summed E-state index contributed by atoms with van der Waals surface area (Å²) in [7, 11) is 0. The lowest BCUT2D eigenvalue weighted by molar-refractivity contribution is 0.270. The lowest BCUT2D eigenvalue weighted by Crippen LogP contribution is -2.46. The summed E-state index contributed by atoms with van der Waals surface area (Å²) in [6.45, 7) is 8.41. The molecule has 0 saturated carbocycles. The van der Waals surface area contributed by atoms with Crippen LogP contribution < -0.4 is 10.2 Å². The van der Waals surface area contributed by atoms with Gasteiger partial charge in [0.25, 0.3) is 0 Å². The number of benzene rings is 1. The van der Waals surface area contributed by atoms with Crippen LogP contribution in [0.4, 0.5) is 11.6 Å². The second-order valence-electron chi connectivity index (χ2n) is 5.99. The molecule has 2 heterocycles. The predicted octanol–water partition coefficient (Wildman–Crippen LogP) is 2.93. The van der Waals surface area contributed by atoms with E-state index >= 15 is 0 Å². The van der Waals surface area contributed by atoms with Crippen molar-refractivity contribution < 1.29 is 0 Å². The van der Waals surface area contributed by atoms with Crippen molar-refractivity contribution in [3.05, 3.63) is 47.2 Å². The van der Waals surface area contributed by atoms with E-state index in [0.29, 0.717) is 0 Å². The van der Waals surface area contributed by atoms with Gasteiger partial charge in [0.1, 0.15) is 18.0 Å². The third-order valence-electron chi connectivity index (χ3n) is 4.43. The molecule has 3 rings (SSSR count). The van der Waals surface area contributed by atoms with E-state index in [9.17, 15) is 0 Å². The van der Waals surface area contributed by atoms with Gasteiger partial charge in [0.2, 0.25) is 0 Å². The van der Waals surface area contributed by atoms with Gasteiger partial charge in [0.15, 0.2) is 0 Å². The summed E-state index contributed by atoms with van der Waals surface area (Å²) >= 11 is 5.91. The van der Waals surface area contributed by atoms with Gasteiger partial charge in [-0.25, -0.2) is 9.97 Å². The van der Waals surface area contributed by atoms with E-state index in [4.69, 9.17) is 11.6 Å². The van der Waals surface area contributed by atoms with Crippen molar-refractivity contribution in [1.82, 2.24) is 14.9 Å². The maximum atomic E-state index is 5.91. The Morgan fingerprint density at radius 1 is 1.08 bits per heavy atom. The highest BCUT2D eigenvalue weighted by Crippen LogP contribution is 2.16. The molecule has 1 aliphatic heterocycles. The summed E-state index contributed by atoms with van der Waals surface area (Å²) in [4.78, 5) is 13.6. The third-order valence-corrected chi connectivity index (χ3v) is 4.68. The first-order chi connectivity index (χ1) is 11.7. The highest BCUT2D eigenvalue weighted by molar-refractivity contribution is 6.30. The summed E-state index contributed by atoms with van der Waals surface area (Å²) in [6.07, 6.45) is 2.58. The molecular formula is C18H24ClN5. The normalized spacial score (nSPS) is 15.5. The Balaban J connectivity index is 1.52. The minimum absolute atomic E-state index is 0.773. The van der Waals surface area contributed by atoms with Gasteiger partial charge >= 0.3 is 0 Å². The van der Waals surface area contributed by atoms with Gasteiger partial charge in [0, 0.05) is 43.8 Å². The molecule has 0 bridgehead atoms. The minimum atomic E-state index is 0.773. The fourth-order valence-electron chi connectivity index (χ4n) is 2.90. The zero-order chi connectivity index (χ0) is 16.8. The highest BCUT2D eigenvalue weighted by Gasteiger charge is 2.17. The molecule has 24 heavy (non-hydrogen) atoms.